The highest BCUT2D eigenvalue weighted by molar-refractivity contribution is 7.14. The predicted octanol–water partition coefficient (Wildman–Crippen LogP) is 2.98. The van der Waals surface area contributed by atoms with Gasteiger partial charge in [-0.15, -0.1) is 11.3 Å². The zero-order valence-electron chi connectivity index (χ0n) is 7.56. The zero-order valence-corrected chi connectivity index (χ0v) is 8.38. The highest BCUT2D eigenvalue weighted by Gasteiger charge is 2.22. The molecule has 1 fully saturated rings. The summed E-state index contributed by atoms with van der Waals surface area (Å²) in [5, 5.41) is 6.38. The van der Waals surface area contributed by atoms with Crippen LogP contribution >= 0.6 is 11.3 Å². The minimum absolute atomic E-state index is 0.658. The summed E-state index contributed by atoms with van der Waals surface area (Å²) in [5.74, 6) is 0.838. The number of anilines is 1. The Hall–Kier alpha value is -1.29. The third-order valence-electron chi connectivity index (χ3n) is 2.18. The molecule has 0 amide bonds. The number of hydrogen-bond donors (Lipinski definition) is 1. The molecule has 1 aliphatic rings. The van der Waals surface area contributed by atoms with Crippen molar-refractivity contribution < 1.29 is 4.42 Å². The first-order chi connectivity index (χ1) is 6.92. The first-order valence-electron chi connectivity index (χ1n) is 4.68. The number of nitrogens with one attached hydrogen (secondary N) is 1. The van der Waals surface area contributed by atoms with Crippen molar-refractivity contribution in [2.45, 2.75) is 18.9 Å². The molecule has 0 bridgehead atoms. The van der Waals surface area contributed by atoms with Crippen LogP contribution in [0.1, 0.15) is 12.8 Å². The molecule has 2 aromatic rings. The van der Waals surface area contributed by atoms with E-state index < -0.39 is 0 Å². The third-order valence-corrected chi connectivity index (χ3v) is 2.96. The predicted molar refractivity (Wildman–Crippen MR) is 56.5 cm³/mol. The highest BCUT2D eigenvalue weighted by atomic mass is 32.1. The summed E-state index contributed by atoms with van der Waals surface area (Å²) in [7, 11) is 0. The number of furan rings is 1. The van der Waals surface area contributed by atoms with Crippen LogP contribution < -0.4 is 5.32 Å². The van der Waals surface area contributed by atoms with Crippen molar-refractivity contribution in [2.75, 3.05) is 5.32 Å². The molecule has 4 heteroatoms. The lowest BCUT2D eigenvalue weighted by molar-refractivity contribution is 0.580. The van der Waals surface area contributed by atoms with Crippen LogP contribution in [0, 0.1) is 0 Å². The molecular weight excluding hydrogens is 196 g/mol. The van der Waals surface area contributed by atoms with Crippen molar-refractivity contribution in [3.8, 4) is 11.5 Å². The van der Waals surface area contributed by atoms with Crippen LogP contribution in [0.2, 0.25) is 0 Å². The van der Waals surface area contributed by atoms with E-state index >= 15 is 0 Å². The fourth-order valence-corrected chi connectivity index (χ4v) is 2.06. The molecule has 0 atom stereocenters. The van der Waals surface area contributed by atoms with E-state index in [2.05, 4.69) is 10.3 Å². The van der Waals surface area contributed by atoms with Crippen molar-refractivity contribution in [2.24, 2.45) is 0 Å². The largest absolute Gasteiger partial charge is 0.463 e. The average Bonchev–Trinajstić information content (AvgIpc) is 2.71. The van der Waals surface area contributed by atoms with Gasteiger partial charge in [0.2, 0.25) is 0 Å². The zero-order chi connectivity index (χ0) is 9.38. The Balaban J connectivity index is 1.82. The molecule has 0 aromatic carbocycles. The van der Waals surface area contributed by atoms with Gasteiger partial charge in [-0.25, -0.2) is 4.98 Å². The molecule has 1 aliphatic carbocycles. The van der Waals surface area contributed by atoms with Gasteiger partial charge in [-0.05, 0) is 25.0 Å². The molecule has 0 saturated heterocycles. The van der Waals surface area contributed by atoms with Gasteiger partial charge < -0.3 is 9.73 Å². The molecule has 3 rings (SSSR count). The maximum atomic E-state index is 5.27. The maximum absolute atomic E-state index is 5.27. The van der Waals surface area contributed by atoms with E-state index in [0.717, 1.165) is 16.6 Å². The van der Waals surface area contributed by atoms with Gasteiger partial charge in [0.15, 0.2) is 10.9 Å². The highest BCUT2D eigenvalue weighted by Crippen LogP contribution is 2.29. The standard InChI is InChI=1S/C10H10N2OS/c1-2-9(13-5-1)8-6-14-10(12-8)11-7-3-4-7/h1-2,5-7H,3-4H2,(H,11,12). The Morgan fingerprint density at radius 2 is 2.43 bits per heavy atom. The van der Waals surface area contributed by atoms with Gasteiger partial charge >= 0.3 is 0 Å². The van der Waals surface area contributed by atoms with Gasteiger partial charge in [0.1, 0.15) is 5.69 Å². The molecule has 0 radical (unpaired) electrons. The Bertz CT molecular complexity index is 417. The number of rotatable bonds is 3. The van der Waals surface area contributed by atoms with E-state index in [4.69, 9.17) is 4.42 Å². The van der Waals surface area contributed by atoms with Crippen LogP contribution in [0.15, 0.2) is 28.2 Å². The Labute approximate surface area is 85.8 Å². The molecule has 0 unspecified atom stereocenters. The second-order valence-electron chi connectivity index (χ2n) is 3.43. The second-order valence-corrected chi connectivity index (χ2v) is 4.29. The molecule has 1 N–H and O–H groups in total. The molecule has 72 valence electrons. The van der Waals surface area contributed by atoms with Crippen LogP contribution in [0.4, 0.5) is 5.13 Å². The summed E-state index contributed by atoms with van der Waals surface area (Å²) in [5.41, 5.74) is 0.920. The van der Waals surface area contributed by atoms with E-state index in [0.29, 0.717) is 6.04 Å². The lowest BCUT2D eigenvalue weighted by atomic mass is 10.4. The SMILES string of the molecule is c1coc(-c2csc(NC3CC3)n2)c1. The number of aromatic nitrogens is 1. The van der Waals surface area contributed by atoms with E-state index in [1.54, 1.807) is 17.6 Å². The van der Waals surface area contributed by atoms with E-state index in [9.17, 15) is 0 Å². The maximum Gasteiger partial charge on any atom is 0.183 e. The summed E-state index contributed by atoms with van der Waals surface area (Å²) >= 11 is 1.63. The van der Waals surface area contributed by atoms with Crippen LogP contribution in [-0.4, -0.2) is 11.0 Å². The van der Waals surface area contributed by atoms with Gasteiger partial charge in [0, 0.05) is 11.4 Å². The molecule has 1 saturated carbocycles. The lowest BCUT2D eigenvalue weighted by Crippen LogP contribution is -1.99. The van der Waals surface area contributed by atoms with Gasteiger partial charge in [-0.2, -0.15) is 0 Å². The first kappa shape index (κ1) is 8.05. The number of hydrogen-bond acceptors (Lipinski definition) is 4. The quantitative estimate of drug-likeness (QED) is 0.839. The summed E-state index contributed by atoms with van der Waals surface area (Å²) in [4.78, 5) is 4.45. The van der Waals surface area contributed by atoms with Crippen LogP contribution in [0.3, 0.4) is 0 Å². The Kier molecular flexibility index (Phi) is 1.80. The first-order valence-corrected chi connectivity index (χ1v) is 5.56. The van der Waals surface area contributed by atoms with Crippen molar-refractivity contribution >= 4 is 16.5 Å². The fourth-order valence-electron chi connectivity index (χ4n) is 1.28. The fraction of sp³-hybridized carbons (Fsp3) is 0.300. The minimum Gasteiger partial charge on any atom is -0.463 e. The van der Waals surface area contributed by atoms with Crippen molar-refractivity contribution in [1.82, 2.24) is 4.98 Å². The van der Waals surface area contributed by atoms with Crippen LogP contribution in [-0.2, 0) is 0 Å². The van der Waals surface area contributed by atoms with Gasteiger partial charge in [-0.3, -0.25) is 0 Å². The molecule has 0 spiro atoms. The third kappa shape index (κ3) is 1.53. The van der Waals surface area contributed by atoms with E-state index in [1.165, 1.54) is 12.8 Å². The molecule has 2 heterocycles. The summed E-state index contributed by atoms with van der Waals surface area (Å²) in [6, 6.07) is 4.46. The van der Waals surface area contributed by atoms with Gasteiger partial charge in [0.05, 0.1) is 6.26 Å². The minimum atomic E-state index is 0.658. The van der Waals surface area contributed by atoms with E-state index in [-0.39, 0.29) is 0 Å². The van der Waals surface area contributed by atoms with E-state index in [1.807, 2.05) is 17.5 Å². The smallest absolute Gasteiger partial charge is 0.183 e. The van der Waals surface area contributed by atoms with Gasteiger partial charge in [0.25, 0.3) is 0 Å². The molecular formula is C10H10N2OS. The molecule has 3 nitrogen and oxygen atoms in total. The van der Waals surface area contributed by atoms with Crippen molar-refractivity contribution in [3.63, 3.8) is 0 Å². The van der Waals surface area contributed by atoms with Crippen LogP contribution in [0.5, 0.6) is 0 Å². The van der Waals surface area contributed by atoms with Crippen LogP contribution in [0.25, 0.3) is 11.5 Å². The molecule has 14 heavy (non-hydrogen) atoms. The number of nitrogens with zero attached hydrogens (tertiary/aromatic N) is 1. The summed E-state index contributed by atoms with van der Waals surface area (Å²) in [6.45, 7) is 0. The van der Waals surface area contributed by atoms with Gasteiger partial charge in [-0.1, -0.05) is 0 Å². The Morgan fingerprint density at radius 3 is 3.14 bits per heavy atom. The second kappa shape index (κ2) is 3.13. The average molecular weight is 206 g/mol. The monoisotopic (exact) mass is 206 g/mol. The molecule has 2 aromatic heterocycles. The molecule has 0 aliphatic heterocycles. The van der Waals surface area contributed by atoms with Crippen molar-refractivity contribution in [3.05, 3.63) is 23.8 Å². The summed E-state index contributed by atoms with van der Waals surface area (Å²) in [6.07, 6.45) is 4.22. The number of thiazole rings is 1. The topological polar surface area (TPSA) is 38.1 Å². The normalized spacial score (nSPS) is 15.7. The summed E-state index contributed by atoms with van der Waals surface area (Å²) < 4.78 is 5.27. The lowest BCUT2D eigenvalue weighted by Gasteiger charge is -1.95. The Morgan fingerprint density at radius 1 is 1.50 bits per heavy atom. The van der Waals surface area contributed by atoms with Crippen molar-refractivity contribution in [1.29, 1.82) is 0 Å².